The van der Waals surface area contributed by atoms with Crippen molar-refractivity contribution in [3.8, 4) is 5.75 Å². The molecule has 2 aromatic rings. The number of nitrogens with zero attached hydrogens (tertiary/aromatic N) is 3. The van der Waals surface area contributed by atoms with Gasteiger partial charge in [0.1, 0.15) is 11.5 Å². The molecule has 1 aliphatic heterocycles. The number of carbonyl (C=O) groups excluding carboxylic acids is 2. The summed E-state index contributed by atoms with van der Waals surface area (Å²) in [5.41, 5.74) is -0.138. The number of benzene rings is 2. The molecule has 174 valence electrons. The number of phenolic OH excluding ortho intramolecular Hbond substituents is 1. The van der Waals surface area contributed by atoms with Crippen LogP contribution in [0.1, 0.15) is 31.0 Å². The maximum Gasteiger partial charge on any atom is 0.295 e. The Bertz CT molecular complexity index is 1130. The predicted molar refractivity (Wildman–Crippen MR) is 126 cm³/mol. The summed E-state index contributed by atoms with van der Waals surface area (Å²) in [6.07, 6.45) is 0. The fourth-order valence-electron chi connectivity index (χ4n) is 3.90. The summed E-state index contributed by atoms with van der Waals surface area (Å²) in [4.78, 5) is 40.2. The van der Waals surface area contributed by atoms with Gasteiger partial charge in [-0.15, -0.1) is 0 Å². The number of amides is 1. The number of likely N-dealkylation sites (N-methyl/N-ethyl adjacent to an activating group) is 1. The average molecular weight is 518 g/mol. The van der Waals surface area contributed by atoms with Crippen LogP contribution in [0.5, 0.6) is 5.75 Å². The first-order valence-corrected chi connectivity index (χ1v) is 11.2. The molecule has 1 atom stereocenters. The zero-order valence-corrected chi connectivity index (χ0v) is 19.8. The molecule has 0 aliphatic carbocycles. The van der Waals surface area contributed by atoms with Gasteiger partial charge in [0.05, 0.1) is 22.1 Å². The van der Waals surface area contributed by atoms with Gasteiger partial charge in [0.2, 0.25) is 0 Å². The zero-order chi connectivity index (χ0) is 24.3. The topological polar surface area (TPSA) is 124 Å². The van der Waals surface area contributed by atoms with E-state index in [1.54, 1.807) is 12.1 Å². The molecular weight excluding hydrogens is 494 g/mol. The number of aromatic hydroxyl groups is 1. The third-order valence-electron chi connectivity index (χ3n) is 5.70. The molecule has 0 radical (unpaired) electrons. The molecule has 2 N–H and O–H groups in total. The third-order valence-corrected chi connectivity index (χ3v) is 6.20. The highest BCUT2D eigenvalue weighted by atomic mass is 79.9. The minimum atomic E-state index is -1.04. The van der Waals surface area contributed by atoms with Gasteiger partial charge in [-0.1, -0.05) is 41.9 Å². The number of aliphatic hydroxyl groups excluding tert-OH is 1. The van der Waals surface area contributed by atoms with Gasteiger partial charge in [0.15, 0.2) is 0 Å². The monoisotopic (exact) mass is 517 g/mol. The van der Waals surface area contributed by atoms with Crippen molar-refractivity contribution in [2.45, 2.75) is 19.9 Å². The Balaban J connectivity index is 2.19. The molecular formula is C23H24BrN3O6. The second kappa shape index (κ2) is 10.1. The number of hydrogen-bond donors (Lipinski definition) is 2. The molecule has 1 amide bonds. The normalized spacial score (nSPS) is 17.7. The van der Waals surface area contributed by atoms with Crippen molar-refractivity contribution >= 4 is 39.1 Å². The summed E-state index contributed by atoms with van der Waals surface area (Å²) in [7, 11) is 0. The van der Waals surface area contributed by atoms with Crippen molar-refractivity contribution in [2.24, 2.45) is 0 Å². The standard InChI is InChI=1S/C23H24BrN3O6/c1-3-25(4-2)10-11-26-20(14-6-5-7-16(12-14)27(32)33)19(22(30)23(26)31)21(29)17-13-15(24)8-9-18(17)28/h5-9,12-13,20,28-29H,3-4,10-11H2,1-2H3/t20-/m0/s1. The molecule has 0 spiro atoms. The van der Waals surface area contributed by atoms with Crippen molar-refractivity contribution in [3.05, 3.63) is 73.8 Å². The van der Waals surface area contributed by atoms with Crippen molar-refractivity contribution in [1.29, 1.82) is 0 Å². The van der Waals surface area contributed by atoms with E-state index in [0.717, 1.165) is 13.1 Å². The van der Waals surface area contributed by atoms with Crippen LogP contribution in [0.15, 0.2) is 52.5 Å². The fourth-order valence-corrected chi connectivity index (χ4v) is 4.26. The van der Waals surface area contributed by atoms with Crippen LogP contribution in [0.3, 0.4) is 0 Å². The minimum absolute atomic E-state index is 0.0263. The number of aliphatic hydroxyl groups is 1. The smallest absolute Gasteiger partial charge is 0.295 e. The molecule has 9 nitrogen and oxygen atoms in total. The highest BCUT2D eigenvalue weighted by Crippen LogP contribution is 2.41. The quantitative estimate of drug-likeness (QED) is 0.179. The Morgan fingerprint density at radius 3 is 2.52 bits per heavy atom. The number of phenols is 1. The number of carbonyl (C=O) groups is 2. The molecule has 0 aromatic heterocycles. The zero-order valence-electron chi connectivity index (χ0n) is 18.2. The van der Waals surface area contributed by atoms with Crippen LogP contribution in [-0.4, -0.2) is 62.8 Å². The molecule has 1 fully saturated rings. The van der Waals surface area contributed by atoms with Gasteiger partial charge >= 0.3 is 0 Å². The Labute approximate surface area is 199 Å². The predicted octanol–water partition coefficient (Wildman–Crippen LogP) is 3.83. The largest absolute Gasteiger partial charge is 0.507 e. The van der Waals surface area contributed by atoms with Gasteiger partial charge in [-0.2, -0.15) is 0 Å². The van der Waals surface area contributed by atoms with Crippen LogP contribution >= 0.6 is 15.9 Å². The lowest BCUT2D eigenvalue weighted by molar-refractivity contribution is -0.384. The van der Waals surface area contributed by atoms with E-state index in [1.807, 2.05) is 13.8 Å². The minimum Gasteiger partial charge on any atom is -0.507 e. The van der Waals surface area contributed by atoms with E-state index in [9.17, 15) is 29.9 Å². The number of hydrogen-bond acceptors (Lipinski definition) is 7. The second-order valence-corrected chi connectivity index (χ2v) is 8.45. The molecule has 33 heavy (non-hydrogen) atoms. The van der Waals surface area contributed by atoms with Crippen LogP contribution in [0.4, 0.5) is 5.69 Å². The molecule has 2 aromatic carbocycles. The fraction of sp³-hybridized carbons (Fsp3) is 0.304. The molecule has 1 saturated heterocycles. The lowest BCUT2D eigenvalue weighted by Crippen LogP contribution is -2.38. The molecule has 1 heterocycles. The van der Waals surface area contributed by atoms with E-state index in [0.29, 0.717) is 16.6 Å². The highest BCUT2D eigenvalue weighted by Gasteiger charge is 2.46. The number of ketones is 1. The summed E-state index contributed by atoms with van der Waals surface area (Å²) < 4.78 is 0.546. The van der Waals surface area contributed by atoms with Crippen LogP contribution < -0.4 is 0 Å². The Morgan fingerprint density at radius 2 is 1.88 bits per heavy atom. The van der Waals surface area contributed by atoms with Crippen molar-refractivity contribution in [3.63, 3.8) is 0 Å². The van der Waals surface area contributed by atoms with Crippen LogP contribution in [0, 0.1) is 10.1 Å². The summed E-state index contributed by atoms with van der Waals surface area (Å²) >= 11 is 3.27. The lowest BCUT2D eigenvalue weighted by atomic mass is 9.94. The summed E-state index contributed by atoms with van der Waals surface area (Å²) in [6.45, 7) is 6.10. The molecule has 0 bridgehead atoms. The number of Topliss-reactive ketones (excluding diaryl/α,β-unsaturated/α-hetero) is 1. The van der Waals surface area contributed by atoms with E-state index in [4.69, 9.17) is 0 Å². The van der Waals surface area contributed by atoms with Gasteiger partial charge in [-0.3, -0.25) is 19.7 Å². The molecule has 10 heteroatoms. The summed E-state index contributed by atoms with van der Waals surface area (Å²) in [6, 6.07) is 8.93. The van der Waals surface area contributed by atoms with Gasteiger partial charge in [-0.05, 0) is 36.9 Å². The summed E-state index contributed by atoms with van der Waals surface area (Å²) in [5.74, 6) is -2.55. The average Bonchev–Trinajstić information content (AvgIpc) is 3.06. The van der Waals surface area contributed by atoms with Crippen LogP contribution in [0.25, 0.3) is 5.76 Å². The number of non-ortho nitro benzene ring substituents is 1. The van der Waals surface area contributed by atoms with Crippen molar-refractivity contribution in [1.82, 2.24) is 9.80 Å². The lowest BCUT2D eigenvalue weighted by Gasteiger charge is -2.28. The first-order valence-electron chi connectivity index (χ1n) is 10.4. The number of halogens is 1. The number of nitro benzene ring substituents is 1. The highest BCUT2D eigenvalue weighted by molar-refractivity contribution is 9.10. The van der Waals surface area contributed by atoms with Crippen molar-refractivity contribution < 1.29 is 24.7 Å². The number of likely N-dealkylation sites (tertiary alicyclic amines) is 1. The maximum atomic E-state index is 13.1. The Kier molecular flexibility index (Phi) is 7.50. The number of nitro groups is 1. The van der Waals surface area contributed by atoms with Gasteiger partial charge in [0, 0.05) is 29.7 Å². The molecule has 3 rings (SSSR count). The van der Waals surface area contributed by atoms with Crippen molar-refractivity contribution in [2.75, 3.05) is 26.2 Å². The van der Waals surface area contributed by atoms with Gasteiger partial charge in [-0.25, -0.2) is 0 Å². The molecule has 0 saturated carbocycles. The van der Waals surface area contributed by atoms with Gasteiger partial charge < -0.3 is 20.0 Å². The van der Waals surface area contributed by atoms with Crippen LogP contribution in [0.2, 0.25) is 0 Å². The Hall–Kier alpha value is -3.24. The maximum absolute atomic E-state index is 13.1. The third kappa shape index (κ3) is 4.91. The number of rotatable bonds is 8. The summed E-state index contributed by atoms with van der Waals surface area (Å²) in [5, 5.41) is 32.7. The second-order valence-electron chi connectivity index (χ2n) is 7.53. The SMILES string of the molecule is CCN(CC)CCN1C(=O)C(=O)C(=C(O)c2cc(Br)ccc2O)[C@@H]1c1cccc([N+](=O)[O-])c1. The van der Waals surface area contributed by atoms with E-state index < -0.39 is 28.4 Å². The van der Waals surface area contributed by atoms with E-state index in [2.05, 4.69) is 20.8 Å². The van der Waals surface area contributed by atoms with Gasteiger partial charge in [0.25, 0.3) is 17.4 Å². The van der Waals surface area contributed by atoms with E-state index in [-0.39, 0.29) is 29.1 Å². The van der Waals surface area contributed by atoms with Crippen LogP contribution in [-0.2, 0) is 9.59 Å². The first-order chi connectivity index (χ1) is 15.7. The molecule has 1 aliphatic rings. The molecule has 0 unspecified atom stereocenters. The Morgan fingerprint density at radius 1 is 1.18 bits per heavy atom. The van der Waals surface area contributed by atoms with E-state index >= 15 is 0 Å². The first kappa shape index (κ1) is 24.4. The van der Waals surface area contributed by atoms with E-state index in [1.165, 1.54) is 35.2 Å².